The summed E-state index contributed by atoms with van der Waals surface area (Å²) in [6, 6.07) is 14.0. The van der Waals surface area contributed by atoms with Gasteiger partial charge in [-0.15, -0.1) is 0 Å². The van der Waals surface area contributed by atoms with Crippen molar-refractivity contribution in [3.63, 3.8) is 0 Å². The second kappa shape index (κ2) is 11.3. The maximum atomic E-state index is 13.0. The summed E-state index contributed by atoms with van der Waals surface area (Å²) in [5, 5.41) is 0. The zero-order chi connectivity index (χ0) is 25.7. The minimum Gasteiger partial charge on any atom is -0.481 e. The number of hydrogen-bond acceptors (Lipinski definition) is 5. The largest absolute Gasteiger partial charge is 0.481 e. The molecule has 5 nitrogen and oxygen atoms in total. The molecular weight excluding hydrogens is 448 g/mol. The van der Waals surface area contributed by atoms with Crippen molar-refractivity contribution in [2.75, 3.05) is 37.7 Å². The molecule has 0 radical (unpaired) electrons. The van der Waals surface area contributed by atoms with Crippen molar-refractivity contribution < 1.29 is 14.3 Å². The van der Waals surface area contributed by atoms with Crippen LogP contribution in [0.15, 0.2) is 84.6 Å². The fraction of sp³-hybridized carbons (Fsp3) is 0.323. The summed E-state index contributed by atoms with van der Waals surface area (Å²) >= 11 is 0. The van der Waals surface area contributed by atoms with Crippen molar-refractivity contribution in [2.24, 2.45) is 0 Å². The van der Waals surface area contributed by atoms with Crippen LogP contribution >= 0.6 is 0 Å². The Morgan fingerprint density at radius 3 is 2.39 bits per heavy atom. The first-order valence-corrected chi connectivity index (χ1v) is 12.9. The summed E-state index contributed by atoms with van der Waals surface area (Å²) in [5.41, 5.74) is 6.67. The number of nitrogens with zero attached hydrogens (tertiary/aromatic N) is 2. The summed E-state index contributed by atoms with van der Waals surface area (Å²) in [4.78, 5) is 17.6. The van der Waals surface area contributed by atoms with E-state index >= 15 is 0 Å². The van der Waals surface area contributed by atoms with Crippen molar-refractivity contribution in [1.82, 2.24) is 4.90 Å². The van der Waals surface area contributed by atoms with E-state index in [0.29, 0.717) is 5.56 Å². The van der Waals surface area contributed by atoms with Crippen LogP contribution in [0.1, 0.15) is 49.2 Å². The number of carbonyl (C=O) groups is 1. The molecule has 2 aromatic rings. The maximum absolute atomic E-state index is 13.0. The van der Waals surface area contributed by atoms with Crippen LogP contribution in [0.3, 0.4) is 0 Å². The molecule has 0 N–H and O–H groups in total. The predicted molar refractivity (Wildman–Crippen MR) is 148 cm³/mol. The highest BCUT2D eigenvalue weighted by Crippen LogP contribution is 2.44. The highest BCUT2D eigenvalue weighted by atomic mass is 16.5. The molecule has 36 heavy (non-hydrogen) atoms. The average Bonchev–Trinajstić information content (AvgIpc) is 2.91. The Morgan fingerprint density at radius 2 is 1.69 bits per heavy atom. The van der Waals surface area contributed by atoms with Gasteiger partial charge in [-0.05, 0) is 63.6 Å². The lowest BCUT2D eigenvalue weighted by atomic mass is 9.83. The van der Waals surface area contributed by atoms with Gasteiger partial charge >= 0.3 is 5.97 Å². The van der Waals surface area contributed by atoms with Crippen LogP contribution in [0.5, 0.6) is 5.75 Å². The van der Waals surface area contributed by atoms with Crippen LogP contribution in [-0.2, 0) is 4.74 Å². The molecule has 5 heteroatoms. The van der Waals surface area contributed by atoms with E-state index in [1.807, 2.05) is 24.3 Å². The molecule has 0 saturated carbocycles. The number of benzene rings is 2. The molecule has 1 aliphatic carbocycles. The number of esters is 1. The molecule has 2 aliphatic rings. The van der Waals surface area contributed by atoms with E-state index in [-0.39, 0.29) is 18.7 Å². The zero-order valence-corrected chi connectivity index (χ0v) is 21.8. The molecule has 0 saturated heterocycles. The van der Waals surface area contributed by atoms with E-state index in [0.717, 1.165) is 65.6 Å². The lowest BCUT2D eigenvalue weighted by molar-refractivity contribution is 0.0549. The van der Waals surface area contributed by atoms with Gasteiger partial charge < -0.3 is 19.3 Å². The van der Waals surface area contributed by atoms with E-state index in [2.05, 4.69) is 80.5 Å². The first-order valence-electron chi connectivity index (χ1n) is 12.9. The summed E-state index contributed by atoms with van der Waals surface area (Å²) in [5.74, 6) is 0.463. The van der Waals surface area contributed by atoms with Crippen LogP contribution in [0.2, 0.25) is 0 Å². The first-order chi connectivity index (χ1) is 17.6. The standard InChI is InChI=1S/C31H36N2O3/c1-6-19-35-31(34)25-14-12-11-13-24(25)30-26-17-15-22(32(7-2)8-3)20-28(26)36-29-21-23(16-18-27(29)30)33(9-4)10-5/h6,11-18,20-21,28H,1,7-10,19H2,2-5H3. The number of fused-ring (bicyclic) bond motifs is 2. The van der Waals surface area contributed by atoms with Crippen molar-refractivity contribution in [3.05, 3.63) is 101 Å². The molecule has 2 aromatic carbocycles. The molecule has 0 amide bonds. The lowest BCUT2D eigenvalue weighted by Crippen LogP contribution is -2.30. The topological polar surface area (TPSA) is 42.0 Å². The van der Waals surface area contributed by atoms with Crippen molar-refractivity contribution in [1.29, 1.82) is 0 Å². The van der Waals surface area contributed by atoms with Gasteiger partial charge in [-0.25, -0.2) is 4.79 Å². The number of rotatable bonds is 10. The zero-order valence-electron chi connectivity index (χ0n) is 21.8. The Kier molecular flexibility index (Phi) is 7.99. The summed E-state index contributed by atoms with van der Waals surface area (Å²) in [7, 11) is 0. The SMILES string of the molecule is C=CCOC(=O)c1ccccc1C1=C2C=CC(N(CC)CC)=CC2Oc2cc(N(CC)CC)ccc21. The molecule has 1 aliphatic heterocycles. The van der Waals surface area contributed by atoms with Gasteiger partial charge in [0.15, 0.2) is 0 Å². The van der Waals surface area contributed by atoms with Gasteiger partial charge in [0.1, 0.15) is 18.5 Å². The molecule has 0 bridgehead atoms. The third-order valence-corrected chi connectivity index (χ3v) is 6.85. The van der Waals surface area contributed by atoms with Crippen LogP contribution < -0.4 is 9.64 Å². The van der Waals surface area contributed by atoms with Gasteiger partial charge in [-0.2, -0.15) is 0 Å². The van der Waals surface area contributed by atoms with Crippen LogP contribution in [-0.4, -0.2) is 49.8 Å². The second-order valence-corrected chi connectivity index (χ2v) is 8.75. The van der Waals surface area contributed by atoms with Gasteiger partial charge in [0, 0.05) is 60.3 Å². The Morgan fingerprint density at radius 1 is 0.972 bits per heavy atom. The van der Waals surface area contributed by atoms with E-state index in [4.69, 9.17) is 9.47 Å². The summed E-state index contributed by atoms with van der Waals surface area (Å²) < 4.78 is 12.1. The van der Waals surface area contributed by atoms with Gasteiger partial charge in [-0.3, -0.25) is 0 Å². The smallest absolute Gasteiger partial charge is 0.339 e. The molecule has 1 atom stereocenters. The predicted octanol–water partition coefficient (Wildman–Crippen LogP) is 6.23. The molecular formula is C31H36N2O3. The molecule has 0 spiro atoms. The fourth-order valence-corrected chi connectivity index (χ4v) is 4.98. The number of allylic oxidation sites excluding steroid dienone is 1. The monoisotopic (exact) mass is 484 g/mol. The maximum Gasteiger partial charge on any atom is 0.339 e. The minimum atomic E-state index is -0.359. The normalized spacial score (nSPS) is 15.9. The van der Waals surface area contributed by atoms with Crippen LogP contribution in [0.4, 0.5) is 5.69 Å². The summed E-state index contributed by atoms with van der Waals surface area (Å²) in [6.07, 6.45) is 7.81. The van der Waals surface area contributed by atoms with Crippen LogP contribution in [0.25, 0.3) is 5.57 Å². The molecule has 0 fully saturated rings. The Hall–Kier alpha value is -3.73. The fourth-order valence-electron chi connectivity index (χ4n) is 4.98. The molecule has 1 heterocycles. The van der Waals surface area contributed by atoms with Gasteiger partial charge in [0.05, 0.1) is 5.56 Å². The van der Waals surface area contributed by atoms with E-state index in [9.17, 15) is 4.79 Å². The molecule has 1 unspecified atom stereocenters. The minimum absolute atomic E-state index is 0.171. The number of carbonyl (C=O) groups excluding carboxylic acids is 1. The highest BCUT2D eigenvalue weighted by Gasteiger charge is 2.32. The number of anilines is 1. The van der Waals surface area contributed by atoms with Gasteiger partial charge in [0.2, 0.25) is 0 Å². The molecule has 0 aromatic heterocycles. The number of likely N-dealkylation sites (N-methyl/N-ethyl adjacent to an activating group) is 1. The third kappa shape index (κ3) is 4.83. The Balaban J connectivity index is 1.90. The van der Waals surface area contributed by atoms with Crippen molar-refractivity contribution in [3.8, 4) is 5.75 Å². The lowest BCUT2D eigenvalue weighted by Gasteiger charge is -2.34. The van der Waals surface area contributed by atoms with E-state index in [1.165, 1.54) is 0 Å². The third-order valence-electron chi connectivity index (χ3n) is 6.85. The first kappa shape index (κ1) is 25.4. The van der Waals surface area contributed by atoms with Crippen molar-refractivity contribution in [2.45, 2.75) is 33.8 Å². The van der Waals surface area contributed by atoms with Gasteiger partial charge in [-0.1, -0.05) is 36.9 Å². The number of ether oxygens (including phenoxy) is 2. The van der Waals surface area contributed by atoms with Crippen LogP contribution in [0, 0.1) is 0 Å². The molecule has 4 rings (SSSR count). The Labute approximate surface area is 215 Å². The molecule has 188 valence electrons. The highest BCUT2D eigenvalue weighted by molar-refractivity contribution is 6.00. The Bertz CT molecular complexity index is 1220. The second-order valence-electron chi connectivity index (χ2n) is 8.75. The van der Waals surface area contributed by atoms with Crippen molar-refractivity contribution >= 4 is 17.2 Å². The number of hydrogen-bond donors (Lipinski definition) is 0. The van der Waals surface area contributed by atoms with E-state index < -0.39 is 0 Å². The summed E-state index contributed by atoms with van der Waals surface area (Å²) in [6.45, 7) is 16.1. The quantitative estimate of drug-likeness (QED) is 0.295. The van der Waals surface area contributed by atoms with Gasteiger partial charge in [0.25, 0.3) is 0 Å². The average molecular weight is 485 g/mol. The van der Waals surface area contributed by atoms with E-state index in [1.54, 1.807) is 6.08 Å².